The van der Waals surface area contributed by atoms with Crippen LogP contribution in [0.15, 0.2) is 67.0 Å². The zero-order chi connectivity index (χ0) is 21.3. The van der Waals surface area contributed by atoms with Gasteiger partial charge in [0.2, 0.25) is 0 Å². The number of benzene rings is 2. The summed E-state index contributed by atoms with van der Waals surface area (Å²) in [5, 5.41) is 5.54. The molecule has 7 nitrogen and oxygen atoms in total. The minimum absolute atomic E-state index is 0.156. The van der Waals surface area contributed by atoms with E-state index in [4.69, 9.17) is 10.5 Å². The third kappa shape index (κ3) is 3.24. The molecule has 152 valence electrons. The number of nitrogen functional groups attached to an aromatic ring is 1. The second-order valence-corrected chi connectivity index (χ2v) is 7.16. The van der Waals surface area contributed by atoms with Gasteiger partial charge in [-0.05, 0) is 24.3 Å². The van der Waals surface area contributed by atoms with Crippen LogP contribution in [0.2, 0.25) is 0 Å². The van der Waals surface area contributed by atoms with Crippen LogP contribution in [0.5, 0.6) is 5.75 Å². The monoisotopic (exact) mass is 401 g/mol. The number of para-hydroxylation sites is 2. The third-order valence-electron chi connectivity index (χ3n) is 5.10. The molecule has 4 rings (SSSR count). The number of fused-ring (bicyclic) bond motifs is 1. The molecule has 2 aromatic heterocycles. The summed E-state index contributed by atoms with van der Waals surface area (Å²) in [6.45, 7) is 0. The van der Waals surface area contributed by atoms with Gasteiger partial charge >= 0.3 is 0 Å². The number of hydrogen-bond acceptors (Lipinski definition) is 5. The van der Waals surface area contributed by atoms with E-state index in [9.17, 15) is 4.79 Å². The molecule has 0 saturated heterocycles. The molecule has 0 fully saturated rings. The van der Waals surface area contributed by atoms with Crippen LogP contribution in [0.1, 0.15) is 27.5 Å². The molecular formula is C23H23N5O2. The van der Waals surface area contributed by atoms with Crippen molar-refractivity contribution < 1.29 is 9.53 Å². The van der Waals surface area contributed by atoms with Crippen LogP contribution in [-0.4, -0.2) is 46.8 Å². The lowest BCUT2D eigenvalue weighted by molar-refractivity contribution is 0.0828. The molecule has 0 saturated carbocycles. The summed E-state index contributed by atoms with van der Waals surface area (Å²) in [7, 11) is 5.04. The van der Waals surface area contributed by atoms with E-state index in [2.05, 4.69) is 10.1 Å². The van der Waals surface area contributed by atoms with Crippen molar-refractivity contribution in [2.75, 3.05) is 26.9 Å². The number of pyridine rings is 1. The highest BCUT2D eigenvalue weighted by Crippen LogP contribution is 2.38. The Labute approximate surface area is 174 Å². The first-order chi connectivity index (χ1) is 14.5. The molecule has 1 unspecified atom stereocenters. The summed E-state index contributed by atoms with van der Waals surface area (Å²) in [6.07, 6.45) is 3.50. The number of anilines is 1. The Morgan fingerprint density at radius 3 is 2.60 bits per heavy atom. The first-order valence-electron chi connectivity index (χ1n) is 9.54. The number of nitrogens with two attached hydrogens (primary N) is 1. The fraction of sp³-hybridized carbons (Fsp3) is 0.174. The van der Waals surface area contributed by atoms with Crippen LogP contribution < -0.4 is 10.5 Å². The standard InChI is InChI=1S/C23H23N5O2/c1-27(2)23(29)18-11-6-10-17(20(18)24)21(16-9-4-5-12-19(16)30-3)28-22-15(14-26-28)8-7-13-25-22/h4-14,21H,24H2,1-3H3. The number of hydrogen-bond donors (Lipinski definition) is 1. The minimum Gasteiger partial charge on any atom is -0.496 e. The van der Waals surface area contributed by atoms with Gasteiger partial charge in [-0.15, -0.1) is 0 Å². The quantitative estimate of drug-likeness (QED) is 0.518. The Kier molecular flexibility index (Phi) is 5.10. The fourth-order valence-electron chi connectivity index (χ4n) is 3.64. The van der Waals surface area contributed by atoms with Gasteiger partial charge < -0.3 is 15.4 Å². The van der Waals surface area contributed by atoms with Crippen molar-refractivity contribution in [3.05, 3.63) is 83.7 Å². The molecule has 0 aliphatic rings. The number of rotatable bonds is 5. The average Bonchev–Trinajstić information content (AvgIpc) is 3.19. The molecule has 2 aromatic carbocycles. The van der Waals surface area contributed by atoms with Gasteiger partial charge in [-0.1, -0.05) is 30.3 Å². The molecule has 4 aromatic rings. The minimum atomic E-state index is -0.427. The molecule has 30 heavy (non-hydrogen) atoms. The van der Waals surface area contributed by atoms with Crippen LogP contribution in [0, 0.1) is 0 Å². The van der Waals surface area contributed by atoms with E-state index < -0.39 is 6.04 Å². The molecule has 0 aliphatic carbocycles. The van der Waals surface area contributed by atoms with Gasteiger partial charge in [0.15, 0.2) is 5.65 Å². The maximum atomic E-state index is 12.7. The predicted octanol–water partition coefficient (Wildman–Crippen LogP) is 3.36. The first-order valence-corrected chi connectivity index (χ1v) is 9.54. The molecule has 7 heteroatoms. The summed E-state index contributed by atoms with van der Waals surface area (Å²) < 4.78 is 7.46. The number of amides is 1. The van der Waals surface area contributed by atoms with Crippen LogP contribution in [-0.2, 0) is 0 Å². The largest absolute Gasteiger partial charge is 0.496 e. The maximum Gasteiger partial charge on any atom is 0.255 e. The number of aromatic nitrogens is 3. The lowest BCUT2D eigenvalue weighted by Crippen LogP contribution is -2.24. The van der Waals surface area contributed by atoms with Gasteiger partial charge in [-0.3, -0.25) is 4.79 Å². The van der Waals surface area contributed by atoms with Crippen molar-refractivity contribution in [1.29, 1.82) is 0 Å². The van der Waals surface area contributed by atoms with Gasteiger partial charge in [-0.2, -0.15) is 5.10 Å². The highest BCUT2D eigenvalue weighted by molar-refractivity contribution is 5.99. The van der Waals surface area contributed by atoms with Gasteiger partial charge in [-0.25, -0.2) is 9.67 Å². The second-order valence-electron chi connectivity index (χ2n) is 7.16. The van der Waals surface area contributed by atoms with Gasteiger partial charge in [0.1, 0.15) is 11.8 Å². The van der Waals surface area contributed by atoms with Crippen molar-refractivity contribution in [3.63, 3.8) is 0 Å². The van der Waals surface area contributed by atoms with Crippen LogP contribution in [0.4, 0.5) is 5.69 Å². The normalized spacial score (nSPS) is 12.0. The van der Waals surface area contributed by atoms with E-state index in [-0.39, 0.29) is 5.91 Å². The van der Waals surface area contributed by atoms with Gasteiger partial charge in [0.05, 0.1) is 24.6 Å². The van der Waals surface area contributed by atoms with E-state index >= 15 is 0 Å². The number of nitrogens with zero attached hydrogens (tertiary/aromatic N) is 4. The number of carbonyl (C=O) groups excluding carboxylic acids is 1. The summed E-state index contributed by atoms with van der Waals surface area (Å²) >= 11 is 0. The highest BCUT2D eigenvalue weighted by atomic mass is 16.5. The number of ether oxygens (including phenoxy) is 1. The lowest BCUT2D eigenvalue weighted by Gasteiger charge is -2.24. The number of methoxy groups -OCH3 is 1. The smallest absolute Gasteiger partial charge is 0.255 e. The van der Waals surface area contributed by atoms with Gasteiger partial charge in [0, 0.05) is 36.8 Å². The van der Waals surface area contributed by atoms with E-state index in [1.807, 2.05) is 53.2 Å². The van der Waals surface area contributed by atoms with Gasteiger partial charge in [0.25, 0.3) is 5.91 Å². The molecule has 0 radical (unpaired) electrons. The zero-order valence-electron chi connectivity index (χ0n) is 17.1. The van der Waals surface area contributed by atoms with Crippen molar-refractivity contribution >= 4 is 22.6 Å². The molecule has 0 spiro atoms. The van der Waals surface area contributed by atoms with Crippen molar-refractivity contribution in [3.8, 4) is 5.75 Å². The second kappa shape index (κ2) is 7.87. The van der Waals surface area contributed by atoms with E-state index in [1.165, 1.54) is 4.90 Å². The Hall–Kier alpha value is -3.87. The zero-order valence-corrected chi connectivity index (χ0v) is 17.1. The molecule has 1 amide bonds. The Morgan fingerprint density at radius 2 is 1.83 bits per heavy atom. The summed E-state index contributed by atoms with van der Waals surface area (Å²) in [5.74, 6) is 0.544. The fourth-order valence-corrected chi connectivity index (χ4v) is 3.64. The lowest BCUT2D eigenvalue weighted by atomic mass is 9.94. The predicted molar refractivity (Wildman–Crippen MR) is 117 cm³/mol. The average molecular weight is 401 g/mol. The van der Waals surface area contributed by atoms with Crippen LogP contribution in [0.25, 0.3) is 11.0 Å². The Bertz CT molecular complexity index is 1220. The molecule has 0 bridgehead atoms. The maximum absolute atomic E-state index is 12.7. The van der Waals surface area contributed by atoms with E-state index in [1.54, 1.807) is 39.7 Å². The summed E-state index contributed by atoms with van der Waals surface area (Å²) in [5.41, 5.74) is 9.75. The SMILES string of the molecule is COc1ccccc1C(c1cccc(C(=O)N(C)C)c1N)n1ncc2cccnc21. The Morgan fingerprint density at radius 1 is 1.07 bits per heavy atom. The molecule has 2 heterocycles. The molecule has 2 N–H and O–H groups in total. The van der Waals surface area contributed by atoms with Crippen molar-refractivity contribution in [2.24, 2.45) is 0 Å². The first kappa shape index (κ1) is 19.4. The van der Waals surface area contributed by atoms with Crippen LogP contribution >= 0.6 is 0 Å². The highest BCUT2D eigenvalue weighted by Gasteiger charge is 2.27. The van der Waals surface area contributed by atoms with Crippen molar-refractivity contribution in [1.82, 2.24) is 19.7 Å². The molecule has 1 atom stereocenters. The third-order valence-corrected chi connectivity index (χ3v) is 5.10. The summed E-state index contributed by atoms with van der Waals surface area (Å²) in [4.78, 5) is 18.7. The molecule has 0 aliphatic heterocycles. The molecular weight excluding hydrogens is 378 g/mol. The Balaban J connectivity index is 2.00. The topological polar surface area (TPSA) is 86.3 Å². The number of carbonyl (C=O) groups is 1. The van der Waals surface area contributed by atoms with E-state index in [0.29, 0.717) is 17.0 Å². The summed E-state index contributed by atoms with van der Waals surface area (Å²) in [6, 6.07) is 16.6. The van der Waals surface area contributed by atoms with Crippen molar-refractivity contribution in [2.45, 2.75) is 6.04 Å². The van der Waals surface area contributed by atoms with E-state index in [0.717, 1.165) is 22.2 Å². The van der Waals surface area contributed by atoms with Crippen LogP contribution in [0.3, 0.4) is 0 Å².